The maximum absolute atomic E-state index is 14.1. The molecule has 1 N–H and O–H groups in total. The molecule has 1 aromatic carbocycles. The fraction of sp³-hybridized carbons (Fsp3) is 0.294. The Morgan fingerprint density at radius 3 is 2.71 bits per heavy atom. The van der Waals surface area contributed by atoms with Crippen LogP contribution in [0.5, 0.6) is 0 Å². The molecule has 1 amide bonds. The quantitative estimate of drug-likeness (QED) is 0.908. The van der Waals surface area contributed by atoms with E-state index in [2.05, 4.69) is 0 Å². The van der Waals surface area contributed by atoms with Crippen LogP contribution in [0.3, 0.4) is 0 Å². The van der Waals surface area contributed by atoms with E-state index in [0.29, 0.717) is 0 Å². The van der Waals surface area contributed by atoms with Gasteiger partial charge in [0.05, 0.1) is 12.1 Å². The third-order valence-electron chi connectivity index (χ3n) is 4.21. The molecule has 5 nitrogen and oxygen atoms in total. The summed E-state index contributed by atoms with van der Waals surface area (Å²) < 4.78 is 28.9. The zero-order valence-corrected chi connectivity index (χ0v) is 12.9. The zero-order chi connectivity index (χ0) is 17.4. The molecule has 7 heteroatoms. The van der Waals surface area contributed by atoms with E-state index in [4.69, 9.17) is 0 Å². The molecule has 24 heavy (non-hydrogen) atoms. The molecule has 1 aromatic heterocycles. The largest absolute Gasteiger partial charge is 0.391 e. The lowest BCUT2D eigenvalue weighted by molar-refractivity contribution is 0.0713. The van der Waals surface area contributed by atoms with Gasteiger partial charge >= 0.3 is 0 Å². The first-order valence-corrected chi connectivity index (χ1v) is 7.47. The number of carbonyl (C=O) groups is 1. The van der Waals surface area contributed by atoms with Crippen LogP contribution in [0, 0.1) is 11.6 Å². The standard InChI is InChI=1S/C17H16F2N2O3/c1-20-5-4-10(6-16(20)23)17(24)21-9-12(22)8-15(21)13-7-11(18)2-3-14(13)19/h2-7,12,15,22H,8-9H2,1H3/t12-,15-/m0/s1. The van der Waals surface area contributed by atoms with E-state index < -0.39 is 29.7 Å². The Kier molecular flexibility index (Phi) is 4.19. The number of amides is 1. The van der Waals surface area contributed by atoms with Gasteiger partial charge in [0, 0.05) is 37.0 Å². The van der Waals surface area contributed by atoms with Crippen molar-refractivity contribution in [2.45, 2.75) is 18.6 Å². The number of hydrogen-bond acceptors (Lipinski definition) is 3. The molecule has 0 radical (unpaired) electrons. The number of carbonyl (C=O) groups excluding carboxylic acids is 1. The van der Waals surface area contributed by atoms with E-state index in [1.165, 1.54) is 27.8 Å². The fourth-order valence-electron chi connectivity index (χ4n) is 2.95. The van der Waals surface area contributed by atoms with Crippen molar-refractivity contribution in [3.05, 3.63) is 69.6 Å². The summed E-state index contributed by atoms with van der Waals surface area (Å²) in [4.78, 5) is 25.7. The normalized spacial score (nSPS) is 20.4. The summed E-state index contributed by atoms with van der Waals surface area (Å²) in [5.41, 5.74) is -0.188. The molecule has 1 aliphatic rings. The van der Waals surface area contributed by atoms with E-state index >= 15 is 0 Å². The number of halogens is 2. The lowest BCUT2D eigenvalue weighted by Crippen LogP contribution is -2.33. The highest BCUT2D eigenvalue weighted by atomic mass is 19.1. The summed E-state index contributed by atoms with van der Waals surface area (Å²) in [7, 11) is 1.56. The minimum absolute atomic E-state index is 0.00529. The monoisotopic (exact) mass is 334 g/mol. The van der Waals surface area contributed by atoms with Gasteiger partial charge in [0.15, 0.2) is 0 Å². The Morgan fingerprint density at radius 1 is 1.25 bits per heavy atom. The summed E-state index contributed by atoms with van der Waals surface area (Å²) in [6.07, 6.45) is 0.727. The van der Waals surface area contributed by atoms with Gasteiger partial charge in [0.1, 0.15) is 11.6 Å². The summed E-state index contributed by atoms with van der Waals surface area (Å²) in [5.74, 6) is -1.76. The first kappa shape index (κ1) is 16.3. The van der Waals surface area contributed by atoms with Crippen LogP contribution in [0.25, 0.3) is 0 Å². The number of likely N-dealkylation sites (tertiary alicyclic amines) is 1. The Hall–Kier alpha value is -2.54. The van der Waals surface area contributed by atoms with Gasteiger partial charge in [0.25, 0.3) is 11.5 Å². The second-order valence-electron chi connectivity index (χ2n) is 5.89. The molecule has 2 aromatic rings. The molecular weight excluding hydrogens is 318 g/mol. The summed E-state index contributed by atoms with van der Waals surface area (Å²) in [6, 6.07) is 4.90. The Balaban J connectivity index is 1.98. The highest BCUT2D eigenvalue weighted by Crippen LogP contribution is 2.35. The zero-order valence-electron chi connectivity index (χ0n) is 12.9. The molecule has 0 bridgehead atoms. The highest BCUT2D eigenvalue weighted by molar-refractivity contribution is 5.94. The number of aryl methyl sites for hydroxylation is 1. The van der Waals surface area contributed by atoms with E-state index in [0.717, 1.165) is 18.2 Å². The van der Waals surface area contributed by atoms with Crippen LogP contribution in [0.4, 0.5) is 8.78 Å². The number of rotatable bonds is 2. The number of aliphatic hydroxyl groups is 1. The Morgan fingerprint density at radius 2 is 2.00 bits per heavy atom. The van der Waals surface area contributed by atoms with Crippen molar-refractivity contribution >= 4 is 5.91 Å². The minimum Gasteiger partial charge on any atom is -0.391 e. The lowest BCUT2D eigenvalue weighted by atomic mass is 10.0. The Labute approximate surface area is 136 Å². The summed E-state index contributed by atoms with van der Waals surface area (Å²) >= 11 is 0. The first-order chi connectivity index (χ1) is 11.4. The van der Waals surface area contributed by atoms with Crippen LogP contribution in [0.1, 0.15) is 28.4 Å². The molecule has 2 heterocycles. The molecule has 0 unspecified atom stereocenters. The van der Waals surface area contributed by atoms with Gasteiger partial charge in [-0.3, -0.25) is 9.59 Å². The molecule has 1 saturated heterocycles. The van der Waals surface area contributed by atoms with Gasteiger partial charge in [-0.1, -0.05) is 0 Å². The number of pyridine rings is 1. The SMILES string of the molecule is Cn1ccc(C(=O)N2C[C@@H](O)C[C@H]2c2cc(F)ccc2F)cc1=O. The topological polar surface area (TPSA) is 62.5 Å². The molecular formula is C17H16F2N2O3. The average molecular weight is 334 g/mol. The number of β-amino-alcohol motifs (C(OH)–C–C–N with tert-alkyl or cyclic N) is 1. The second-order valence-corrected chi connectivity index (χ2v) is 5.89. The number of nitrogens with zero attached hydrogens (tertiary/aromatic N) is 2. The fourth-order valence-corrected chi connectivity index (χ4v) is 2.95. The maximum Gasteiger partial charge on any atom is 0.254 e. The molecule has 1 fully saturated rings. The molecule has 2 atom stereocenters. The van der Waals surface area contributed by atoms with Gasteiger partial charge < -0.3 is 14.6 Å². The third kappa shape index (κ3) is 2.94. The lowest BCUT2D eigenvalue weighted by Gasteiger charge is -2.25. The van der Waals surface area contributed by atoms with Crippen LogP contribution in [0.2, 0.25) is 0 Å². The van der Waals surface area contributed by atoms with Crippen molar-refractivity contribution in [2.24, 2.45) is 7.05 Å². The maximum atomic E-state index is 14.1. The molecule has 0 spiro atoms. The minimum atomic E-state index is -0.840. The van der Waals surface area contributed by atoms with E-state index in [9.17, 15) is 23.5 Å². The van der Waals surface area contributed by atoms with Crippen molar-refractivity contribution in [2.75, 3.05) is 6.54 Å². The average Bonchev–Trinajstić information content (AvgIpc) is 2.93. The molecule has 1 aliphatic heterocycles. The summed E-state index contributed by atoms with van der Waals surface area (Å²) in [6.45, 7) is -0.00529. The van der Waals surface area contributed by atoms with E-state index in [1.807, 2.05) is 0 Å². The van der Waals surface area contributed by atoms with Crippen molar-refractivity contribution < 1.29 is 18.7 Å². The third-order valence-corrected chi connectivity index (χ3v) is 4.21. The molecule has 0 aliphatic carbocycles. The van der Waals surface area contributed by atoms with Gasteiger partial charge in [-0.15, -0.1) is 0 Å². The van der Waals surface area contributed by atoms with Gasteiger partial charge in [-0.05, 0) is 30.7 Å². The number of benzene rings is 1. The van der Waals surface area contributed by atoms with Crippen LogP contribution in [-0.2, 0) is 7.05 Å². The van der Waals surface area contributed by atoms with Gasteiger partial charge in [0.2, 0.25) is 0 Å². The molecule has 3 rings (SSSR count). The van der Waals surface area contributed by atoms with Crippen molar-refractivity contribution in [3.8, 4) is 0 Å². The number of aliphatic hydroxyl groups excluding tert-OH is 1. The van der Waals surface area contributed by atoms with Crippen LogP contribution in [0.15, 0.2) is 41.3 Å². The number of hydrogen-bond donors (Lipinski definition) is 1. The highest BCUT2D eigenvalue weighted by Gasteiger charge is 2.37. The van der Waals surface area contributed by atoms with Crippen molar-refractivity contribution in [1.29, 1.82) is 0 Å². The summed E-state index contributed by atoms with van der Waals surface area (Å²) in [5, 5.41) is 9.91. The molecule has 126 valence electrons. The van der Waals surface area contributed by atoms with Crippen LogP contribution < -0.4 is 5.56 Å². The first-order valence-electron chi connectivity index (χ1n) is 7.47. The van der Waals surface area contributed by atoms with E-state index in [1.54, 1.807) is 7.05 Å². The predicted molar refractivity (Wildman–Crippen MR) is 82.4 cm³/mol. The number of aromatic nitrogens is 1. The smallest absolute Gasteiger partial charge is 0.254 e. The van der Waals surface area contributed by atoms with Gasteiger partial charge in [-0.2, -0.15) is 0 Å². The van der Waals surface area contributed by atoms with Crippen molar-refractivity contribution in [3.63, 3.8) is 0 Å². The second kappa shape index (κ2) is 6.16. The molecule has 0 saturated carbocycles. The van der Waals surface area contributed by atoms with Crippen LogP contribution >= 0.6 is 0 Å². The predicted octanol–water partition coefficient (Wildman–Crippen LogP) is 1.61. The van der Waals surface area contributed by atoms with Gasteiger partial charge in [-0.25, -0.2) is 8.78 Å². The Bertz CT molecular complexity index is 850. The van der Waals surface area contributed by atoms with Crippen LogP contribution in [-0.4, -0.2) is 33.1 Å². The van der Waals surface area contributed by atoms with Crippen molar-refractivity contribution in [1.82, 2.24) is 9.47 Å². The van der Waals surface area contributed by atoms with E-state index in [-0.39, 0.29) is 29.7 Å².